The van der Waals surface area contributed by atoms with Crippen LogP contribution < -0.4 is 9.64 Å². The fraction of sp³-hybridized carbons (Fsp3) is 0.368. The van der Waals surface area contributed by atoms with Crippen LogP contribution in [0.2, 0.25) is 0 Å². The quantitative estimate of drug-likeness (QED) is 0.899. The van der Waals surface area contributed by atoms with Crippen molar-refractivity contribution in [2.75, 3.05) is 32.1 Å². The van der Waals surface area contributed by atoms with Crippen molar-refractivity contribution in [2.45, 2.75) is 18.6 Å². The molecule has 1 fully saturated rings. The van der Waals surface area contributed by atoms with Crippen LogP contribution in [-0.2, 0) is 4.79 Å². The normalized spacial score (nSPS) is 18.0. The zero-order chi connectivity index (χ0) is 17.8. The Morgan fingerprint density at radius 3 is 2.76 bits per heavy atom. The third kappa shape index (κ3) is 3.91. The van der Waals surface area contributed by atoms with E-state index in [-0.39, 0.29) is 12.0 Å². The van der Waals surface area contributed by atoms with E-state index in [0.717, 1.165) is 12.2 Å². The second kappa shape index (κ2) is 7.53. The van der Waals surface area contributed by atoms with E-state index in [0.29, 0.717) is 24.4 Å². The third-order valence-electron chi connectivity index (χ3n) is 4.27. The van der Waals surface area contributed by atoms with E-state index in [9.17, 15) is 9.90 Å². The molecule has 1 aromatic carbocycles. The van der Waals surface area contributed by atoms with E-state index in [1.54, 1.807) is 23.2 Å². The van der Waals surface area contributed by atoms with Crippen LogP contribution in [0.4, 0.5) is 5.82 Å². The molecular weight excluding hydrogens is 318 g/mol. The number of carbonyl (C=O) groups is 1. The highest BCUT2D eigenvalue weighted by atomic mass is 16.5. The Hall–Kier alpha value is -2.60. The maximum Gasteiger partial charge on any atom is 0.256 e. The van der Waals surface area contributed by atoms with Gasteiger partial charge in [-0.3, -0.25) is 4.79 Å². The zero-order valence-electron chi connectivity index (χ0n) is 14.5. The summed E-state index contributed by atoms with van der Waals surface area (Å²) in [6.07, 6.45) is 1.23. The van der Waals surface area contributed by atoms with Gasteiger partial charge in [-0.05, 0) is 17.7 Å². The molecule has 2 heterocycles. The molecule has 1 amide bonds. The van der Waals surface area contributed by atoms with E-state index < -0.39 is 6.10 Å². The molecule has 0 bridgehead atoms. The molecule has 0 aliphatic carbocycles. The first kappa shape index (κ1) is 17.2. The third-order valence-corrected chi connectivity index (χ3v) is 4.27. The average molecular weight is 341 g/mol. The predicted molar refractivity (Wildman–Crippen MR) is 95.6 cm³/mol. The van der Waals surface area contributed by atoms with Crippen LogP contribution >= 0.6 is 0 Å². The number of ether oxygens (including phenoxy) is 1. The van der Waals surface area contributed by atoms with E-state index in [2.05, 4.69) is 4.98 Å². The molecule has 0 radical (unpaired) electrons. The molecule has 25 heavy (non-hydrogen) atoms. The number of anilines is 1. The maximum atomic E-state index is 12.5. The first-order valence-corrected chi connectivity index (χ1v) is 8.37. The summed E-state index contributed by atoms with van der Waals surface area (Å²) in [4.78, 5) is 20.4. The lowest BCUT2D eigenvalue weighted by molar-refractivity contribution is -0.139. The van der Waals surface area contributed by atoms with Crippen LogP contribution in [0.25, 0.3) is 0 Å². The molecular formula is C19H23N3O3. The topological polar surface area (TPSA) is 65.9 Å². The molecule has 2 atom stereocenters. The minimum Gasteiger partial charge on any atom is -0.485 e. The summed E-state index contributed by atoms with van der Waals surface area (Å²) in [7, 11) is 3.83. The maximum absolute atomic E-state index is 12.5. The number of aliphatic hydroxyl groups is 1. The molecule has 2 unspecified atom stereocenters. The second-order valence-electron chi connectivity index (χ2n) is 6.35. The largest absolute Gasteiger partial charge is 0.485 e. The van der Waals surface area contributed by atoms with Gasteiger partial charge in [-0.15, -0.1) is 0 Å². The molecule has 1 saturated heterocycles. The van der Waals surface area contributed by atoms with Crippen LogP contribution in [0.1, 0.15) is 18.1 Å². The number of carbonyl (C=O) groups excluding carboxylic acids is 1. The Bertz CT molecular complexity index is 721. The van der Waals surface area contributed by atoms with Crippen LogP contribution in [0, 0.1) is 0 Å². The lowest BCUT2D eigenvalue weighted by atomic mass is 10.1. The van der Waals surface area contributed by atoms with Crippen molar-refractivity contribution >= 4 is 11.7 Å². The predicted octanol–water partition coefficient (Wildman–Crippen LogP) is 1.86. The number of likely N-dealkylation sites (tertiary alicyclic amines) is 1. The Kier molecular flexibility index (Phi) is 5.19. The number of rotatable bonds is 5. The van der Waals surface area contributed by atoms with E-state index >= 15 is 0 Å². The summed E-state index contributed by atoms with van der Waals surface area (Å²) in [5.74, 6) is 1.18. The SMILES string of the molecule is CN(C)c1ncccc1OC1CCN(C(=O)C(O)c2ccccc2)C1. The molecule has 0 saturated carbocycles. The smallest absolute Gasteiger partial charge is 0.256 e. The first-order chi connectivity index (χ1) is 12.1. The van der Waals surface area contributed by atoms with Crippen molar-refractivity contribution in [1.82, 2.24) is 9.88 Å². The summed E-state index contributed by atoms with van der Waals surface area (Å²) >= 11 is 0. The summed E-state index contributed by atoms with van der Waals surface area (Å²) < 4.78 is 6.05. The highest BCUT2D eigenvalue weighted by Crippen LogP contribution is 2.27. The summed E-state index contributed by atoms with van der Waals surface area (Å²) in [6, 6.07) is 12.7. The fourth-order valence-corrected chi connectivity index (χ4v) is 2.97. The minimum absolute atomic E-state index is 0.102. The lowest BCUT2D eigenvalue weighted by Crippen LogP contribution is -2.34. The van der Waals surface area contributed by atoms with Crippen LogP contribution in [0.5, 0.6) is 5.75 Å². The molecule has 3 rings (SSSR count). The number of aromatic nitrogens is 1. The van der Waals surface area contributed by atoms with E-state index in [1.165, 1.54) is 0 Å². The molecule has 1 aliphatic rings. The van der Waals surface area contributed by atoms with Gasteiger partial charge in [0.25, 0.3) is 5.91 Å². The van der Waals surface area contributed by atoms with Crippen molar-refractivity contribution < 1.29 is 14.6 Å². The fourth-order valence-electron chi connectivity index (χ4n) is 2.97. The Balaban J connectivity index is 1.63. The number of nitrogens with zero attached hydrogens (tertiary/aromatic N) is 3. The van der Waals surface area contributed by atoms with Crippen LogP contribution in [0.3, 0.4) is 0 Å². The standard InChI is InChI=1S/C19H23N3O3/c1-21(2)18-16(9-6-11-20-18)25-15-10-12-22(13-15)19(24)17(23)14-7-4-3-5-8-14/h3-9,11,15,17,23H,10,12-13H2,1-2H3. The Morgan fingerprint density at radius 2 is 2.04 bits per heavy atom. The Morgan fingerprint density at radius 1 is 1.28 bits per heavy atom. The first-order valence-electron chi connectivity index (χ1n) is 8.37. The molecule has 1 aliphatic heterocycles. The summed E-state index contributed by atoms with van der Waals surface area (Å²) in [6.45, 7) is 1.04. The number of amides is 1. The van der Waals surface area contributed by atoms with Gasteiger partial charge < -0.3 is 19.6 Å². The lowest BCUT2D eigenvalue weighted by Gasteiger charge is -2.22. The number of aliphatic hydroxyl groups excluding tert-OH is 1. The van der Waals surface area contributed by atoms with Gasteiger partial charge in [0.1, 0.15) is 6.10 Å². The monoisotopic (exact) mass is 341 g/mol. The summed E-state index contributed by atoms with van der Waals surface area (Å²) in [5, 5.41) is 10.3. The zero-order valence-corrected chi connectivity index (χ0v) is 14.5. The molecule has 6 heteroatoms. The number of benzene rings is 1. The van der Waals surface area contributed by atoms with Crippen molar-refractivity contribution in [3.8, 4) is 5.75 Å². The van der Waals surface area contributed by atoms with Gasteiger partial charge in [-0.2, -0.15) is 0 Å². The van der Waals surface area contributed by atoms with Crippen molar-refractivity contribution in [2.24, 2.45) is 0 Å². The number of pyridine rings is 1. The van der Waals surface area contributed by atoms with Gasteiger partial charge in [0.05, 0.1) is 6.54 Å². The van der Waals surface area contributed by atoms with E-state index in [1.807, 2.05) is 49.3 Å². The molecule has 1 N–H and O–H groups in total. The van der Waals surface area contributed by atoms with Crippen LogP contribution in [-0.4, -0.2) is 54.2 Å². The number of hydrogen-bond donors (Lipinski definition) is 1. The van der Waals surface area contributed by atoms with Crippen LogP contribution in [0.15, 0.2) is 48.7 Å². The van der Waals surface area contributed by atoms with Gasteiger partial charge in [0.2, 0.25) is 0 Å². The van der Waals surface area contributed by atoms with Crippen molar-refractivity contribution in [1.29, 1.82) is 0 Å². The van der Waals surface area contributed by atoms with E-state index in [4.69, 9.17) is 4.74 Å². The molecule has 0 spiro atoms. The van der Waals surface area contributed by atoms with Gasteiger partial charge in [-0.1, -0.05) is 30.3 Å². The Labute approximate surface area is 147 Å². The molecule has 132 valence electrons. The van der Waals surface area contributed by atoms with Crippen molar-refractivity contribution in [3.05, 3.63) is 54.2 Å². The van der Waals surface area contributed by atoms with Crippen molar-refractivity contribution in [3.63, 3.8) is 0 Å². The van der Waals surface area contributed by atoms with Gasteiger partial charge >= 0.3 is 0 Å². The molecule has 2 aromatic rings. The minimum atomic E-state index is -1.13. The highest BCUT2D eigenvalue weighted by Gasteiger charge is 2.32. The average Bonchev–Trinajstić information content (AvgIpc) is 3.10. The number of hydrogen-bond acceptors (Lipinski definition) is 5. The van der Waals surface area contributed by atoms with Gasteiger partial charge in [0.15, 0.2) is 17.7 Å². The summed E-state index contributed by atoms with van der Waals surface area (Å²) in [5.41, 5.74) is 0.610. The van der Waals surface area contributed by atoms with Gasteiger partial charge in [0, 0.05) is 33.3 Å². The molecule has 6 nitrogen and oxygen atoms in total. The highest BCUT2D eigenvalue weighted by molar-refractivity contribution is 5.82. The van der Waals surface area contributed by atoms with Gasteiger partial charge in [-0.25, -0.2) is 4.98 Å². The molecule has 1 aromatic heterocycles. The second-order valence-corrected chi connectivity index (χ2v) is 6.35.